The van der Waals surface area contributed by atoms with Crippen LogP contribution in [0.2, 0.25) is 0 Å². The van der Waals surface area contributed by atoms with Gasteiger partial charge in [-0.3, -0.25) is 9.36 Å². The lowest BCUT2D eigenvalue weighted by atomic mass is 10.0. The Morgan fingerprint density at radius 1 is 1.27 bits per heavy atom. The third-order valence-electron chi connectivity index (χ3n) is 2.78. The molecule has 0 aliphatic rings. The van der Waals surface area contributed by atoms with Gasteiger partial charge in [-0.05, 0) is 40.5 Å². The maximum atomic E-state index is 11.4. The Hall–Kier alpha value is -0.460. The third kappa shape index (κ3) is 12.1. The molecule has 1 amide bonds. The van der Waals surface area contributed by atoms with Crippen LogP contribution < -0.4 is 10.2 Å². The Morgan fingerprint density at radius 3 is 2.41 bits per heavy atom. The highest BCUT2D eigenvalue weighted by atomic mass is 31.2. The highest BCUT2D eigenvalue weighted by Crippen LogP contribution is 2.40. The maximum absolute atomic E-state index is 11.4. The van der Waals surface area contributed by atoms with Gasteiger partial charge in [0.1, 0.15) is 0 Å². The lowest BCUT2D eigenvalue weighted by Crippen LogP contribution is -2.29. The number of carbonyl (C=O) groups is 1. The lowest BCUT2D eigenvalue weighted by Gasteiger charge is -2.26. The molecule has 0 heterocycles. The van der Waals surface area contributed by atoms with Gasteiger partial charge in [0.15, 0.2) is 0 Å². The number of carbonyl (C=O) groups excluding carboxylic acids is 1. The molecule has 0 aliphatic heterocycles. The Labute approximate surface area is 133 Å². The van der Waals surface area contributed by atoms with E-state index in [1.165, 1.54) is 0 Å². The number of aliphatic hydroxyl groups excluding tert-OH is 1. The predicted octanol–water partition coefficient (Wildman–Crippen LogP) is 1.59. The number of hydrogen-bond acceptors (Lipinski definition) is 6. The number of phosphoric acid groups is 1. The fourth-order valence-corrected chi connectivity index (χ4v) is 2.80. The van der Waals surface area contributed by atoms with Crippen molar-refractivity contribution < 1.29 is 28.4 Å². The summed E-state index contributed by atoms with van der Waals surface area (Å²) in [5.41, 5.74) is 0. The molecular formula is C14H29NO6P-. The van der Waals surface area contributed by atoms with E-state index in [1.54, 1.807) is 13.8 Å². The number of rotatable bonds is 12. The second kappa shape index (κ2) is 11.1. The van der Waals surface area contributed by atoms with E-state index in [9.17, 15) is 19.4 Å². The van der Waals surface area contributed by atoms with Crippen molar-refractivity contribution in [1.82, 2.24) is 5.32 Å². The van der Waals surface area contributed by atoms with Crippen molar-refractivity contribution in [1.29, 1.82) is 0 Å². The molecule has 8 heteroatoms. The average molecular weight is 338 g/mol. The van der Waals surface area contributed by atoms with Crippen molar-refractivity contribution in [3.05, 3.63) is 0 Å². The first-order chi connectivity index (χ1) is 10.2. The fourth-order valence-electron chi connectivity index (χ4n) is 1.83. The summed E-state index contributed by atoms with van der Waals surface area (Å²) in [6.45, 7) is 6.72. The van der Waals surface area contributed by atoms with Crippen molar-refractivity contribution in [2.75, 3.05) is 13.2 Å². The molecule has 0 fully saturated rings. The number of unbranched alkanes of at least 4 members (excludes halogenated alkanes) is 1. The molecule has 22 heavy (non-hydrogen) atoms. The molecule has 0 aromatic rings. The smallest absolute Gasteiger partial charge is 0.268 e. The predicted molar refractivity (Wildman–Crippen MR) is 82.1 cm³/mol. The van der Waals surface area contributed by atoms with E-state index in [0.717, 1.165) is 0 Å². The van der Waals surface area contributed by atoms with Crippen molar-refractivity contribution in [2.24, 2.45) is 5.92 Å². The van der Waals surface area contributed by atoms with Crippen LogP contribution in [0.25, 0.3) is 0 Å². The molecule has 0 bridgehead atoms. The molecule has 0 aromatic carbocycles. The van der Waals surface area contributed by atoms with E-state index < -0.39 is 13.9 Å². The summed E-state index contributed by atoms with van der Waals surface area (Å²) in [7, 11) is -4.31. The molecular weight excluding hydrogens is 309 g/mol. The van der Waals surface area contributed by atoms with Gasteiger partial charge in [0.05, 0.1) is 12.7 Å². The van der Waals surface area contributed by atoms with Gasteiger partial charge in [0, 0.05) is 25.0 Å². The monoisotopic (exact) mass is 338 g/mol. The number of nitrogens with one attached hydrogen (secondary N) is 1. The summed E-state index contributed by atoms with van der Waals surface area (Å²) in [5.74, 6) is -0.285. The topological polar surface area (TPSA) is 108 Å². The van der Waals surface area contributed by atoms with Crippen molar-refractivity contribution in [2.45, 2.75) is 65.5 Å². The van der Waals surface area contributed by atoms with Gasteiger partial charge < -0.3 is 24.4 Å². The summed E-state index contributed by atoms with van der Waals surface area (Å²) in [4.78, 5) is 22.9. The summed E-state index contributed by atoms with van der Waals surface area (Å²) < 4.78 is 20.9. The molecule has 7 nitrogen and oxygen atoms in total. The van der Waals surface area contributed by atoms with E-state index in [0.29, 0.717) is 25.7 Å². The van der Waals surface area contributed by atoms with Gasteiger partial charge in [-0.15, -0.1) is 0 Å². The quantitative estimate of drug-likeness (QED) is 0.413. The van der Waals surface area contributed by atoms with Gasteiger partial charge in [0.25, 0.3) is 7.82 Å². The van der Waals surface area contributed by atoms with Crippen LogP contribution in [0.15, 0.2) is 0 Å². The minimum atomic E-state index is -4.31. The van der Waals surface area contributed by atoms with E-state index in [1.807, 2.05) is 13.8 Å². The van der Waals surface area contributed by atoms with Gasteiger partial charge >= 0.3 is 0 Å². The highest BCUT2D eigenvalue weighted by molar-refractivity contribution is 7.45. The molecule has 0 aliphatic carbocycles. The SMILES string of the molecule is CC(C)NC(=O)CCCCC(CO)COP(=O)([O-])OC(C)C. The van der Waals surface area contributed by atoms with E-state index >= 15 is 0 Å². The first kappa shape index (κ1) is 21.5. The largest absolute Gasteiger partial charge is 0.756 e. The molecule has 0 radical (unpaired) electrons. The van der Waals surface area contributed by atoms with Crippen LogP contribution in [0.4, 0.5) is 0 Å². The normalized spacial score (nSPS) is 15.8. The Balaban J connectivity index is 3.93. The Bertz CT molecular complexity index is 361. The van der Waals surface area contributed by atoms with Crippen molar-refractivity contribution in [3.63, 3.8) is 0 Å². The zero-order valence-electron chi connectivity index (χ0n) is 13.9. The van der Waals surface area contributed by atoms with Gasteiger partial charge in [0.2, 0.25) is 5.91 Å². The number of hydrogen-bond donors (Lipinski definition) is 2. The van der Waals surface area contributed by atoms with Crippen LogP contribution in [0, 0.1) is 5.92 Å². The van der Waals surface area contributed by atoms with Crippen LogP contribution in [0.1, 0.15) is 53.4 Å². The van der Waals surface area contributed by atoms with Crippen LogP contribution in [0.3, 0.4) is 0 Å². The molecule has 0 spiro atoms. The Kier molecular flexibility index (Phi) is 10.9. The molecule has 0 saturated carbocycles. The zero-order chi connectivity index (χ0) is 17.2. The molecule has 2 N–H and O–H groups in total. The average Bonchev–Trinajstić information content (AvgIpc) is 2.35. The number of amides is 1. The summed E-state index contributed by atoms with van der Waals surface area (Å²) in [6, 6.07) is 0.123. The molecule has 2 atom stereocenters. The second-order valence-corrected chi connectivity index (χ2v) is 7.28. The lowest BCUT2D eigenvalue weighted by molar-refractivity contribution is -0.229. The second-order valence-electron chi connectivity index (χ2n) is 5.91. The van der Waals surface area contributed by atoms with Crippen molar-refractivity contribution in [3.8, 4) is 0 Å². The van der Waals surface area contributed by atoms with E-state index in [4.69, 9.17) is 4.52 Å². The third-order valence-corrected chi connectivity index (χ3v) is 3.93. The van der Waals surface area contributed by atoms with Gasteiger partial charge in [-0.2, -0.15) is 0 Å². The first-order valence-corrected chi connectivity index (χ1v) is 9.16. The Morgan fingerprint density at radius 2 is 1.91 bits per heavy atom. The number of aliphatic hydroxyl groups is 1. The van der Waals surface area contributed by atoms with E-state index in [-0.39, 0.29) is 31.1 Å². The minimum Gasteiger partial charge on any atom is -0.756 e. The maximum Gasteiger partial charge on any atom is 0.268 e. The van der Waals surface area contributed by atoms with Crippen LogP contribution in [-0.4, -0.2) is 36.4 Å². The summed E-state index contributed by atoms with van der Waals surface area (Å²) in [6.07, 6.45) is 1.94. The molecule has 0 aromatic heterocycles. The van der Waals surface area contributed by atoms with Gasteiger partial charge in [-0.25, -0.2) is 0 Å². The zero-order valence-corrected chi connectivity index (χ0v) is 14.8. The molecule has 2 unspecified atom stereocenters. The van der Waals surface area contributed by atoms with Crippen molar-refractivity contribution >= 4 is 13.7 Å². The summed E-state index contributed by atoms with van der Waals surface area (Å²) in [5, 5.41) is 12.0. The summed E-state index contributed by atoms with van der Waals surface area (Å²) >= 11 is 0. The first-order valence-electron chi connectivity index (χ1n) is 7.70. The van der Waals surface area contributed by atoms with E-state index in [2.05, 4.69) is 9.84 Å². The number of phosphoric ester groups is 1. The van der Waals surface area contributed by atoms with Crippen LogP contribution in [0.5, 0.6) is 0 Å². The molecule has 0 saturated heterocycles. The van der Waals surface area contributed by atoms with Crippen LogP contribution in [-0.2, 0) is 18.4 Å². The standard InChI is InChI=1S/C14H30NO6P/c1-11(2)15-14(17)8-6-5-7-13(9-16)10-20-22(18,19)21-12(3)4/h11-13,16H,5-10H2,1-4H3,(H,15,17)(H,18,19)/p-1. The van der Waals surface area contributed by atoms with Crippen LogP contribution >= 0.6 is 7.82 Å². The highest BCUT2D eigenvalue weighted by Gasteiger charge is 2.16. The molecule has 0 rings (SSSR count). The minimum absolute atomic E-state index is 0.00110. The molecule has 132 valence electrons. The van der Waals surface area contributed by atoms with Gasteiger partial charge in [-0.1, -0.05) is 6.42 Å². The fraction of sp³-hybridized carbons (Fsp3) is 0.929.